The summed E-state index contributed by atoms with van der Waals surface area (Å²) in [5.74, 6) is 5.56. The fourth-order valence-electron chi connectivity index (χ4n) is 3.08. The monoisotopic (exact) mass is 324 g/mol. The van der Waals surface area contributed by atoms with Gasteiger partial charge < -0.3 is 10.4 Å². The molecule has 2 fully saturated rings. The summed E-state index contributed by atoms with van der Waals surface area (Å²) in [4.78, 5) is 4.48. The standard InChI is InChI=1S/C16H24N2OS2/c19-15-7-12(8-15)16(9-13-3-1-2-4-17-13)18-14-10-20-5-6-21-11-14/h1-4,12,14-16,18-19H,5-11H2/t12?,15?,16-/m1/s1. The van der Waals surface area contributed by atoms with Crippen molar-refractivity contribution in [2.24, 2.45) is 5.92 Å². The fraction of sp³-hybridized carbons (Fsp3) is 0.688. The smallest absolute Gasteiger partial charge is 0.0546 e. The van der Waals surface area contributed by atoms with Gasteiger partial charge in [0.1, 0.15) is 0 Å². The SMILES string of the molecule is OC1CC([C@@H](Cc2ccccn2)NC2CSCCSC2)C1. The predicted octanol–water partition coefficient (Wildman–Crippen LogP) is 2.20. The van der Waals surface area contributed by atoms with Crippen molar-refractivity contribution < 1.29 is 5.11 Å². The summed E-state index contributed by atoms with van der Waals surface area (Å²) in [6.07, 6.45) is 4.65. The van der Waals surface area contributed by atoms with E-state index in [9.17, 15) is 5.11 Å². The Morgan fingerprint density at radius 3 is 2.62 bits per heavy atom. The van der Waals surface area contributed by atoms with Crippen molar-refractivity contribution in [1.29, 1.82) is 0 Å². The van der Waals surface area contributed by atoms with Crippen LogP contribution >= 0.6 is 23.5 Å². The number of aliphatic hydroxyl groups excluding tert-OH is 1. The maximum absolute atomic E-state index is 9.63. The third-order valence-corrected chi connectivity index (χ3v) is 6.85. The zero-order valence-corrected chi connectivity index (χ0v) is 13.9. The second-order valence-corrected chi connectivity index (χ2v) is 8.33. The van der Waals surface area contributed by atoms with Crippen LogP contribution in [0, 0.1) is 5.92 Å². The van der Waals surface area contributed by atoms with Crippen LogP contribution in [-0.4, -0.2) is 51.3 Å². The minimum atomic E-state index is -0.0825. The second-order valence-electron chi connectivity index (χ2n) is 6.03. The van der Waals surface area contributed by atoms with Gasteiger partial charge in [-0.2, -0.15) is 23.5 Å². The number of nitrogens with zero attached hydrogens (tertiary/aromatic N) is 1. The summed E-state index contributed by atoms with van der Waals surface area (Å²) in [5, 5.41) is 13.5. The van der Waals surface area contributed by atoms with Gasteiger partial charge in [0.05, 0.1) is 6.10 Å². The molecule has 0 aromatic carbocycles. The molecule has 21 heavy (non-hydrogen) atoms. The van der Waals surface area contributed by atoms with E-state index in [1.807, 2.05) is 12.3 Å². The van der Waals surface area contributed by atoms with Crippen molar-refractivity contribution in [3.63, 3.8) is 0 Å². The van der Waals surface area contributed by atoms with E-state index in [0.717, 1.165) is 25.0 Å². The number of rotatable bonds is 5. The molecule has 0 bridgehead atoms. The molecule has 1 aromatic heterocycles. The van der Waals surface area contributed by atoms with Crippen molar-refractivity contribution in [3.8, 4) is 0 Å². The molecular weight excluding hydrogens is 300 g/mol. The van der Waals surface area contributed by atoms with Crippen LogP contribution in [0.1, 0.15) is 18.5 Å². The number of hydrogen-bond donors (Lipinski definition) is 2. The summed E-state index contributed by atoms with van der Waals surface area (Å²) >= 11 is 4.12. The highest BCUT2D eigenvalue weighted by atomic mass is 32.2. The van der Waals surface area contributed by atoms with Crippen LogP contribution in [0.15, 0.2) is 24.4 Å². The number of aromatic nitrogens is 1. The van der Waals surface area contributed by atoms with E-state index in [-0.39, 0.29) is 6.10 Å². The lowest BCUT2D eigenvalue weighted by Gasteiger charge is -2.39. The minimum absolute atomic E-state index is 0.0825. The molecule has 2 aliphatic rings. The van der Waals surface area contributed by atoms with E-state index < -0.39 is 0 Å². The van der Waals surface area contributed by atoms with Gasteiger partial charge in [-0.05, 0) is 30.9 Å². The van der Waals surface area contributed by atoms with Crippen molar-refractivity contribution in [2.45, 2.75) is 37.5 Å². The molecule has 0 radical (unpaired) electrons. The lowest BCUT2D eigenvalue weighted by atomic mass is 9.75. The first-order chi connectivity index (χ1) is 10.3. The number of pyridine rings is 1. The molecule has 1 saturated heterocycles. The van der Waals surface area contributed by atoms with Crippen LogP contribution in [-0.2, 0) is 6.42 Å². The number of aliphatic hydroxyl groups is 1. The minimum Gasteiger partial charge on any atom is -0.393 e. The highest BCUT2D eigenvalue weighted by Gasteiger charge is 2.35. The van der Waals surface area contributed by atoms with Crippen LogP contribution in [0.2, 0.25) is 0 Å². The lowest BCUT2D eigenvalue weighted by molar-refractivity contribution is 0.0230. The molecule has 3 nitrogen and oxygen atoms in total. The van der Waals surface area contributed by atoms with E-state index in [1.54, 1.807) is 0 Å². The summed E-state index contributed by atoms with van der Waals surface area (Å²) in [6, 6.07) is 7.19. The Morgan fingerprint density at radius 2 is 2.00 bits per heavy atom. The Balaban J connectivity index is 1.61. The van der Waals surface area contributed by atoms with Crippen molar-refractivity contribution in [3.05, 3.63) is 30.1 Å². The molecule has 2 N–H and O–H groups in total. The van der Waals surface area contributed by atoms with Crippen molar-refractivity contribution in [1.82, 2.24) is 10.3 Å². The van der Waals surface area contributed by atoms with Gasteiger partial charge in [-0.1, -0.05) is 6.07 Å². The summed E-state index contributed by atoms with van der Waals surface area (Å²) < 4.78 is 0. The molecule has 1 atom stereocenters. The van der Waals surface area contributed by atoms with Gasteiger partial charge in [-0.3, -0.25) is 4.98 Å². The van der Waals surface area contributed by atoms with Crippen LogP contribution in [0.25, 0.3) is 0 Å². The fourth-order valence-corrected chi connectivity index (χ4v) is 5.50. The Labute approximate surface area is 135 Å². The van der Waals surface area contributed by atoms with Gasteiger partial charge in [0.25, 0.3) is 0 Å². The van der Waals surface area contributed by atoms with E-state index in [1.165, 1.54) is 23.0 Å². The molecule has 1 aliphatic carbocycles. The van der Waals surface area contributed by atoms with Crippen molar-refractivity contribution >= 4 is 23.5 Å². The number of thioether (sulfide) groups is 2. The Morgan fingerprint density at radius 1 is 1.24 bits per heavy atom. The summed E-state index contributed by atoms with van der Waals surface area (Å²) in [5.41, 5.74) is 1.16. The predicted molar refractivity (Wildman–Crippen MR) is 92.0 cm³/mol. The maximum Gasteiger partial charge on any atom is 0.0546 e. The van der Waals surface area contributed by atoms with Crippen LogP contribution in [0.3, 0.4) is 0 Å². The summed E-state index contributed by atoms with van der Waals surface area (Å²) in [7, 11) is 0. The molecule has 0 unspecified atom stereocenters. The highest BCUT2D eigenvalue weighted by molar-refractivity contribution is 8.03. The van der Waals surface area contributed by atoms with E-state index in [4.69, 9.17) is 0 Å². The van der Waals surface area contributed by atoms with Crippen LogP contribution < -0.4 is 5.32 Å². The lowest BCUT2D eigenvalue weighted by Crippen LogP contribution is -2.51. The van der Waals surface area contributed by atoms with Crippen LogP contribution in [0.5, 0.6) is 0 Å². The maximum atomic E-state index is 9.63. The molecule has 1 aliphatic heterocycles. The normalized spacial score (nSPS) is 28.6. The molecule has 3 rings (SSSR count). The summed E-state index contributed by atoms with van der Waals surface area (Å²) in [6.45, 7) is 0. The number of nitrogens with one attached hydrogen (secondary N) is 1. The molecule has 0 spiro atoms. The van der Waals surface area contributed by atoms with Gasteiger partial charge in [0.2, 0.25) is 0 Å². The van der Waals surface area contributed by atoms with Gasteiger partial charge in [0, 0.05) is 53.4 Å². The van der Waals surface area contributed by atoms with E-state index in [0.29, 0.717) is 18.0 Å². The average molecular weight is 325 g/mol. The zero-order chi connectivity index (χ0) is 14.5. The molecule has 116 valence electrons. The van der Waals surface area contributed by atoms with Crippen molar-refractivity contribution in [2.75, 3.05) is 23.0 Å². The molecule has 1 aromatic rings. The first-order valence-electron chi connectivity index (χ1n) is 7.81. The average Bonchev–Trinajstić information content (AvgIpc) is 2.73. The largest absolute Gasteiger partial charge is 0.393 e. The Hall–Kier alpha value is -0.230. The molecular formula is C16H24N2OS2. The topological polar surface area (TPSA) is 45.2 Å². The van der Waals surface area contributed by atoms with E-state index in [2.05, 4.69) is 46.0 Å². The third kappa shape index (κ3) is 4.62. The van der Waals surface area contributed by atoms with E-state index >= 15 is 0 Å². The molecule has 2 heterocycles. The zero-order valence-electron chi connectivity index (χ0n) is 12.3. The second kappa shape index (κ2) is 7.86. The Kier molecular flexibility index (Phi) is 5.86. The highest BCUT2D eigenvalue weighted by Crippen LogP contribution is 2.32. The van der Waals surface area contributed by atoms with Gasteiger partial charge in [0.15, 0.2) is 0 Å². The molecule has 5 heteroatoms. The quantitative estimate of drug-likeness (QED) is 0.869. The molecule has 1 saturated carbocycles. The van der Waals surface area contributed by atoms with Crippen LogP contribution in [0.4, 0.5) is 0 Å². The first-order valence-corrected chi connectivity index (χ1v) is 10.1. The Bertz CT molecular complexity index is 418. The molecule has 0 amide bonds. The third-order valence-electron chi connectivity index (χ3n) is 4.33. The van der Waals surface area contributed by atoms with Gasteiger partial charge in [-0.25, -0.2) is 0 Å². The van der Waals surface area contributed by atoms with Gasteiger partial charge in [-0.15, -0.1) is 0 Å². The number of hydrogen-bond acceptors (Lipinski definition) is 5. The van der Waals surface area contributed by atoms with Gasteiger partial charge >= 0.3 is 0 Å². The first kappa shape index (κ1) is 15.7.